The number of carbonyl (C=O) groups is 1. The van der Waals surface area contributed by atoms with Crippen LogP contribution >= 0.6 is 11.5 Å². The largest absolute Gasteiger partial charge is 0.353 e. The number of carbonyl (C=O) groups excluding carboxylic acids is 1. The SMILES string of the molecule is CC(=O)Nc1cnc(CCCN2CCN(c3nsc4ccccc34)CC2)cc1C. The first-order chi connectivity index (χ1) is 14.1. The maximum atomic E-state index is 11.2. The number of hydrogen-bond donors (Lipinski definition) is 1. The van der Waals surface area contributed by atoms with Crippen LogP contribution in [0.5, 0.6) is 0 Å². The number of benzene rings is 1. The summed E-state index contributed by atoms with van der Waals surface area (Å²) in [5.41, 5.74) is 2.95. The van der Waals surface area contributed by atoms with Crippen molar-refractivity contribution in [1.29, 1.82) is 0 Å². The molecule has 1 amide bonds. The standard InChI is InChI=1S/C22H27N5OS/c1-16-14-18(23-15-20(16)24-17(2)28)6-5-9-26-10-12-27(13-11-26)22-19-7-3-4-8-21(19)29-25-22/h3-4,7-8,14-15H,5-6,9-13H2,1-2H3,(H,24,28). The molecule has 29 heavy (non-hydrogen) atoms. The molecule has 3 aromatic rings. The molecule has 1 saturated heterocycles. The van der Waals surface area contributed by atoms with E-state index in [0.29, 0.717) is 0 Å². The molecule has 6 nitrogen and oxygen atoms in total. The van der Waals surface area contributed by atoms with Crippen molar-refractivity contribution in [3.05, 3.63) is 47.8 Å². The number of hydrogen-bond acceptors (Lipinski definition) is 6. The van der Waals surface area contributed by atoms with Crippen LogP contribution in [0.2, 0.25) is 0 Å². The zero-order chi connectivity index (χ0) is 20.2. The zero-order valence-electron chi connectivity index (χ0n) is 17.0. The Balaban J connectivity index is 1.25. The van der Waals surface area contributed by atoms with E-state index in [1.165, 1.54) is 17.0 Å². The summed E-state index contributed by atoms with van der Waals surface area (Å²) in [6.07, 6.45) is 3.81. The van der Waals surface area contributed by atoms with Gasteiger partial charge in [-0.15, -0.1) is 0 Å². The Labute approximate surface area is 175 Å². The predicted molar refractivity (Wildman–Crippen MR) is 120 cm³/mol. The Morgan fingerprint density at radius 2 is 2.00 bits per heavy atom. The van der Waals surface area contributed by atoms with Gasteiger partial charge in [-0.25, -0.2) is 0 Å². The third-order valence-corrected chi connectivity index (χ3v) is 6.23. The Morgan fingerprint density at radius 1 is 1.21 bits per heavy atom. The lowest BCUT2D eigenvalue weighted by Crippen LogP contribution is -2.46. The smallest absolute Gasteiger partial charge is 0.221 e. The third kappa shape index (κ3) is 4.74. The first-order valence-electron chi connectivity index (χ1n) is 10.1. The molecule has 3 heterocycles. The molecular formula is C22H27N5OS. The number of amides is 1. The summed E-state index contributed by atoms with van der Waals surface area (Å²) in [6.45, 7) is 8.80. The van der Waals surface area contributed by atoms with Crippen LogP contribution in [0.4, 0.5) is 11.5 Å². The van der Waals surface area contributed by atoms with Crippen LogP contribution in [0.3, 0.4) is 0 Å². The summed E-state index contributed by atoms with van der Waals surface area (Å²) in [4.78, 5) is 20.7. The highest BCUT2D eigenvalue weighted by atomic mass is 32.1. The first-order valence-corrected chi connectivity index (χ1v) is 10.9. The van der Waals surface area contributed by atoms with Gasteiger partial charge in [0, 0.05) is 44.2 Å². The quantitative estimate of drug-likeness (QED) is 0.672. The number of nitrogens with zero attached hydrogens (tertiary/aromatic N) is 4. The summed E-state index contributed by atoms with van der Waals surface area (Å²) in [5.74, 6) is 1.08. The number of fused-ring (bicyclic) bond motifs is 1. The predicted octanol–water partition coefficient (Wildman–Crippen LogP) is 3.71. The van der Waals surface area contributed by atoms with E-state index in [9.17, 15) is 4.79 Å². The molecule has 0 aliphatic carbocycles. The average molecular weight is 410 g/mol. The van der Waals surface area contributed by atoms with E-state index in [2.05, 4.69) is 50.4 Å². The van der Waals surface area contributed by atoms with Crippen molar-refractivity contribution in [2.75, 3.05) is 42.9 Å². The van der Waals surface area contributed by atoms with Gasteiger partial charge >= 0.3 is 0 Å². The second kappa shape index (κ2) is 8.88. The summed E-state index contributed by atoms with van der Waals surface area (Å²) < 4.78 is 5.95. The minimum absolute atomic E-state index is 0.0626. The zero-order valence-corrected chi connectivity index (χ0v) is 17.8. The second-order valence-corrected chi connectivity index (χ2v) is 8.41. The van der Waals surface area contributed by atoms with Gasteiger partial charge in [-0.3, -0.25) is 14.7 Å². The first kappa shape index (κ1) is 19.8. The average Bonchev–Trinajstić information content (AvgIpc) is 3.14. The van der Waals surface area contributed by atoms with Gasteiger partial charge in [-0.05, 0) is 61.6 Å². The molecule has 1 aromatic carbocycles. The summed E-state index contributed by atoms with van der Waals surface area (Å²) in [7, 11) is 0. The molecule has 0 atom stereocenters. The van der Waals surface area contributed by atoms with Crippen LogP contribution in [0.15, 0.2) is 36.5 Å². The molecule has 2 aromatic heterocycles. The number of pyridine rings is 1. The Kier molecular flexibility index (Phi) is 6.06. The Morgan fingerprint density at radius 3 is 2.76 bits per heavy atom. The minimum atomic E-state index is -0.0626. The van der Waals surface area contributed by atoms with Crippen LogP contribution in [0.1, 0.15) is 24.6 Å². The van der Waals surface area contributed by atoms with Crippen molar-refractivity contribution in [2.45, 2.75) is 26.7 Å². The van der Waals surface area contributed by atoms with E-state index in [-0.39, 0.29) is 5.91 Å². The van der Waals surface area contributed by atoms with Gasteiger partial charge in [0.05, 0.1) is 16.6 Å². The maximum Gasteiger partial charge on any atom is 0.221 e. The van der Waals surface area contributed by atoms with Gasteiger partial charge < -0.3 is 10.2 Å². The highest BCUT2D eigenvalue weighted by Gasteiger charge is 2.20. The van der Waals surface area contributed by atoms with Gasteiger partial charge in [-0.2, -0.15) is 4.37 Å². The van der Waals surface area contributed by atoms with Gasteiger partial charge in [0.25, 0.3) is 0 Å². The molecule has 1 aliphatic rings. The topological polar surface area (TPSA) is 61.4 Å². The van der Waals surface area contributed by atoms with Crippen molar-refractivity contribution in [3.63, 3.8) is 0 Å². The lowest BCUT2D eigenvalue weighted by molar-refractivity contribution is -0.114. The third-order valence-electron chi connectivity index (χ3n) is 5.42. The van der Waals surface area contributed by atoms with E-state index in [4.69, 9.17) is 4.37 Å². The second-order valence-electron chi connectivity index (χ2n) is 7.61. The van der Waals surface area contributed by atoms with Crippen molar-refractivity contribution in [3.8, 4) is 0 Å². The number of aryl methyl sites for hydroxylation is 2. The van der Waals surface area contributed by atoms with Gasteiger partial charge in [-0.1, -0.05) is 12.1 Å². The van der Waals surface area contributed by atoms with Crippen LogP contribution in [0.25, 0.3) is 10.1 Å². The summed E-state index contributed by atoms with van der Waals surface area (Å²) >= 11 is 1.59. The molecule has 1 N–H and O–H groups in total. The van der Waals surface area contributed by atoms with Crippen LogP contribution in [-0.2, 0) is 11.2 Å². The highest BCUT2D eigenvalue weighted by Crippen LogP contribution is 2.29. The number of piperazine rings is 1. The van der Waals surface area contributed by atoms with Crippen molar-refractivity contribution < 1.29 is 4.79 Å². The minimum Gasteiger partial charge on any atom is -0.353 e. The number of anilines is 2. The van der Waals surface area contributed by atoms with E-state index in [1.807, 2.05) is 6.92 Å². The van der Waals surface area contributed by atoms with Gasteiger partial charge in [0.15, 0.2) is 0 Å². The highest BCUT2D eigenvalue weighted by molar-refractivity contribution is 7.13. The fraction of sp³-hybridized carbons (Fsp3) is 0.409. The summed E-state index contributed by atoms with van der Waals surface area (Å²) in [6, 6.07) is 10.6. The van der Waals surface area contributed by atoms with Crippen LogP contribution < -0.4 is 10.2 Å². The van der Waals surface area contributed by atoms with Gasteiger partial charge in [0.2, 0.25) is 5.91 Å². The fourth-order valence-corrected chi connectivity index (χ4v) is 4.63. The van der Waals surface area contributed by atoms with Gasteiger partial charge in [0.1, 0.15) is 5.82 Å². The fourth-order valence-electron chi connectivity index (χ4n) is 3.84. The monoisotopic (exact) mass is 409 g/mol. The van der Waals surface area contributed by atoms with E-state index < -0.39 is 0 Å². The maximum absolute atomic E-state index is 11.2. The molecule has 4 rings (SSSR count). The van der Waals surface area contributed by atoms with E-state index in [1.54, 1.807) is 17.7 Å². The molecule has 0 saturated carbocycles. The molecule has 0 unspecified atom stereocenters. The molecule has 152 valence electrons. The van der Waals surface area contributed by atoms with Crippen molar-refractivity contribution in [1.82, 2.24) is 14.3 Å². The lowest BCUT2D eigenvalue weighted by atomic mass is 10.1. The molecule has 0 radical (unpaired) electrons. The number of rotatable bonds is 6. The molecule has 0 bridgehead atoms. The molecule has 1 fully saturated rings. The molecular weight excluding hydrogens is 382 g/mol. The lowest BCUT2D eigenvalue weighted by Gasteiger charge is -2.35. The number of aromatic nitrogens is 2. The van der Waals surface area contributed by atoms with Crippen LogP contribution in [0, 0.1) is 6.92 Å². The van der Waals surface area contributed by atoms with E-state index in [0.717, 1.165) is 68.3 Å². The summed E-state index contributed by atoms with van der Waals surface area (Å²) in [5, 5.41) is 4.09. The van der Waals surface area contributed by atoms with Crippen molar-refractivity contribution in [2.24, 2.45) is 0 Å². The molecule has 1 aliphatic heterocycles. The Hall–Kier alpha value is -2.51. The Bertz CT molecular complexity index is 994. The van der Waals surface area contributed by atoms with Crippen molar-refractivity contribution >= 4 is 39.0 Å². The number of nitrogens with one attached hydrogen (secondary N) is 1. The molecule has 0 spiro atoms. The van der Waals surface area contributed by atoms with Crippen LogP contribution in [-0.4, -0.2) is 52.9 Å². The molecule has 7 heteroatoms. The normalized spacial score (nSPS) is 15.0. The van der Waals surface area contributed by atoms with E-state index >= 15 is 0 Å².